The van der Waals surface area contributed by atoms with Crippen molar-refractivity contribution in [3.63, 3.8) is 0 Å². The fraction of sp³-hybridized carbons (Fsp3) is 0.526. The molecule has 0 bridgehead atoms. The molecule has 1 aliphatic rings. The molecule has 3 rings (SSSR count). The van der Waals surface area contributed by atoms with Crippen molar-refractivity contribution >= 4 is 11.5 Å². The number of aliphatic hydroxyl groups is 1. The smallest absolute Gasteiger partial charge is 0.427 e. The first-order valence-corrected chi connectivity index (χ1v) is 9.85. The minimum atomic E-state index is -4.60. The van der Waals surface area contributed by atoms with Crippen LogP contribution in [0.5, 0.6) is 5.75 Å². The summed E-state index contributed by atoms with van der Waals surface area (Å²) in [4.78, 5) is -0.880. The Morgan fingerprint density at radius 1 is 1.14 bits per heavy atom. The molecule has 0 aliphatic heterocycles. The van der Waals surface area contributed by atoms with E-state index in [4.69, 9.17) is 9.84 Å². The molecular formula is C19H20F5NO2S. The van der Waals surface area contributed by atoms with Crippen molar-refractivity contribution in [2.75, 3.05) is 6.61 Å². The van der Waals surface area contributed by atoms with Crippen molar-refractivity contribution < 1.29 is 31.8 Å². The average Bonchev–Trinajstić information content (AvgIpc) is 3.27. The maximum Gasteiger partial charge on any atom is 0.427 e. The number of hydrogen-bond acceptors (Lipinski definition) is 4. The Bertz CT molecular complexity index is 792. The van der Waals surface area contributed by atoms with E-state index in [2.05, 4.69) is 4.37 Å². The van der Waals surface area contributed by atoms with E-state index < -0.39 is 35.0 Å². The number of aromatic nitrogens is 1. The summed E-state index contributed by atoms with van der Waals surface area (Å²) < 4.78 is 77.7. The quantitative estimate of drug-likeness (QED) is 0.592. The van der Waals surface area contributed by atoms with Crippen LogP contribution in [0.25, 0.3) is 0 Å². The second-order valence-corrected chi connectivity index (χ2v) is 7.63. The lowest BCUT2D eigenvalue weighted by atomic mass is 9.99. The van der Waals surface area contributed by atoms with Crippen molar-refractivity contribution in [3.05, 3.63) is 45.5 Å². The Morgan fingerprint density at radius 2 is 1.79 bits per heavy atom. The summed E-state index contributed by atoms with van der Waals surface area (Å²) >= 11 is 0.359. The van der Waals surface area contributed by atoms with Crippen LogP contribution in [0, 0.1) is 11.6 Å². The second-order valence-electron chi connectivity index (χ2n) is 6.86. The van der Waals surface area contributed by atoms with Crippen LogP contribution in [-0.4, -0.2) is 16.1 Å². The number of halogens is 5. The number of nitrogens with zero attached hydrogens (tertiary/aromatic N) is 1. The van der Waals surface area contributed by atoms with Crippen LogP contribution in [-0.2, 0) is 19.2 Å². The van der Waals surface area contributed by atoms with Crippen LogP contribution in [0.4, 0.5) is 22.0 Å². The van der Waals surface area contributed by atoms with Gasteiger partial charge in [0.2, 0.25) is 0 Å². The van der Waals surface area contributed by atoms with E-state index in [0.717, 1.165) is 37.8 Å². The van der Waals surface area contributed by atoms with E-state index in [1.54, 1.807) is 0 Å². The maximum atomic E-state index is 14.2. The van der Waals surface area contributed by atoms with Crippen LogP contribution in [0.2, 0.25) is 0 Å². The summed E-state index contributed by atoms with van der Waals surface area (Å²) in [7, 11) is 0. The molecular weight excluding hydrogens is 401 g/mol. The molecule has 0 radical (unpaired) electrons. The van der Waals surface area contributed by atoms with Crippen LogP contribution in [0.1, 0.15) is 59.7 Å². The fourth-order valence-corrected chi connectivity index (χ4v) is 4.35. The molecule has 1 saturated carbocycles. The van der Waals surface area contributed by atoms with E-state index in [9.17, 15) is 22.0 Å². The van der Waals surface area contributed by atoms with Crippen molar-refractivity contribution in [3.8, 4) is 5.75 Å². The topological polar surface area (TPSA) is 42.4 Å². The largest absolute Gasteiger partial charge is 0.483 e. The fourth-order valence-electron chi connectivity index (χ4n) is 3.53. The zero-order valence-electron chi connectivity index (χ0n) is 15.0. The highest BCUT2D eigenvalue weighted by atomic mass is 32.1. The Kier molecular flexibility index (Phi) is 6.54. The Labute approximate surface area is 163 Å². The molecule has 2 aromatic rings. The molecule has 1 heterocycles. The van der Waals surface area contributed by atoms with Gasteiger partial charge >= 0.3 is 6.18 Å². The standard InChI is InChI=1S/C19H20F5NO2S/c20-14-8-11(4-3-7-26)9-15(21)17(14)27-10-13-16(12-5-1-2-6-12)25-28-18(13)19(22,23)24/h8-9,12,26H,1-7,10H2. The number of rotatable bonds is 7. The minimum Gasteiger partial charge on any atom is -0.483 e. The first-order valence-electron chi connectivity index (χ1n) is 9.08. The van der Waals surface area contributed by atoms with Crippen LogP contribution in [0.3, 0.4) is 0 Å². The van der Waals surface area contributed by atoms with E-state index in [1.807, 2.05) is 0 Å². The van der Waals surface area contributed by atoms with Gasteiger partial charge in [0, 0.05) is 18.1 Å². The second kappa shape index (κ2) is 8.73. The number of hydrogen-bond donors (Lipinski definition) is 1. The molecule has 0 atom stereocenters. The first kappa shape index (κ1) is 21.0. The summed E-state index contributed by atoms with van der Waals surface area (Å²) in [6.07, 6.45) is -0.641. The van der Waals surface area contributed by atoms with Gasteiger partial charge in [0.25, 0.3) is 0 Å². The Balaban J connectivity index is 1.85. The number of alkyl halides is 3. The summed E-state index contributed by atoms with van der Waals surface area (Å²) in [5, 5.41) is 8.81. The number of aliphatic hydroxyl groups excluding tert-OH is 1. The molecule has 0 saturated heterocycles. The van der Waals surface area contributed by atoms with Crippen molar-refractivity contribution in [2.24, 2.45) is 0 Å². The predicted octanol–water partition coefficient (Wildman–Crippen LogP) is 5.60. The Morgan fingerprint density at radius 3 is 2.36 bits per heavy atom. The summed E-state index contributed by atoms with van der Waals surface area (Å²) in [6, 6.07) is 2.14. The molecule has 0 spiro atoms. The molecule has 0 unspecified atom stereocenters. The molecule has 1 aromatic heterocycles. The van der Waals surface area contributed by atoms with E-state index >= 15 is 0 Å². The third-order valence-corrected chi connectivity index (χ3v) is 5.81. The molecule has 1 aliphatic carbocycles. The lowest BCUT2D eigenvalue weighted by Gasteiger charge is -2.14. The highest BCUT2D eigenvalue weighted by molar-refractivity contribution is 7.06. The lowest BCUT2D eigenvalue weighted by Crippen LogP contribution is -2.11. The monoisotopic (exact) mass is 421 g/mol. The van der Waals surface area contributed by atoms with E-state index in [0.29, 0.717) is 29.2 Å². The van der Waals surface area contributed by atoms with Gasteiger partial charge in [-0.05, 0) is 54.9 Å². The number of aryl methyl sites for hydroxylation is 1. The summed E-state index contributed by atoms with van der Waals surface area (Å²) in [5.41, 5.74) is 0.541. The van der Waals surface area contributed by atoms with Gasteiger partial charge in [-0.25, -0.2) is 8.78 Å². The molecule has 9 heteroatoms. The number of benzene rings is 1. The average molecular weight is 421 g/mol. The molecule has 1 fully saturated rings. The third-order valence-electron chi connectivity index (χ3n) is 4.86. The molecule has 0 amide bonds. The van der Waals surface area contributed by atoms with Crippen LogP contribution in [0.15, 0.2) is 12.1 Å². The normalized spacial score (nSPS) is 15.4. The van der Waals surface area contributed by atoms with Gasteiger partial charge in [-0.3, -0.25) is 0 Å². The highest BCUT2D eigenvalue weighted by Gasteiger charge is 2.39. The SMILES string of the molecule is OCCCc1cc(F)c(OCc2c(C3CCCC3)nsc2C(F)(F)F)c(F)c1. The van der Waals surface area contributed by atoms with Gasteiger partial charge in [-0.2, -0.15) is 17.5 Å². The Hall–Kier alpha value is -1.74. The summed E-state index contributed by atoms with van der Waals surface area (Å²) in [6.45, 7) is -0.711. The molecule has 1 N–H and O–H groups in total. The molecule has 154 valence electrons. The van der Waals surface area contributed by atoms with Gasteiger partial charge in [0.1, 0.15) is 11.5 Å². The van der Waals surface area contributed by atoms with Gasteiger partial charge in [-0.15, -0.1) is 0 Å². The first-order chi connectivity index (χ1) is 13.3. The molecule has 3 nitrogen and oxygen atoms in total. The van der Waals surface area contributed by atoms with Crippen LogP contribution >= 0.6 is 11.5 Å². The highest BCUT2D eigenvalue weighted by Crippen LogP contribution is 2.43. The summed E-state index contributed by atoms with van der Waals surface area (Å²) in [5.74, 6) is -2.75. The van der Waals surface area contributed by atoms with Crippen molar-refractivity contribution in [2.45, 2.75) is 57.2 Å². The number of ether oxygens (including phenoxy) is 1. The van der Waals surface area contributed by atoms with Gasteiger partial charge in [0.05, 0.1) is 5.69 Å². The van der Waals surface area contributed by atoms with Crippen molar-refractivity contribution in [1.29, 1.82) is 0 Å². The maximum absolute atomic E-state index is 14.2. The van der Waals surface area contributed by atoms with Crippen molar-refractivity contribution in [1.82, 2.24) is 4.37 Å². The predicted molar refractivity (Wildman–Crippen MR) is 94.4 cm³/mol. The molecule has 1 aromatic carbocycles. The van der Waals surface area contributed by atoms with E-state index in [1.165, 1.54) is 0 Å². The van der Waals surface area contributed by atoms with Gasteiger partial charge in [-0.1, -0.05) is 12.8 Å². The van der Waals surface area contributed by atoms with Gasteiger partial charge in [0.15, 0.2) is 17.4 Å². The minimum absolute atomic E-state index is 0.0819. The van der Waals surface area contributed by atoms with Crippen LogP contribution < -0.4 is 4.74 Å². The lowest BCUT2D eigenvalue weighted by molar-refractivity contribution is -0.135. The van der Waals surface area contributed by atoms with E-state index in [-0.39, 0.29) is 24.5 Å². The van der Waals surface area contributed by atoms with Gasteiger partial charge < -0.3 is 9.84 Å². The molecule has 28 heavy (non-hydrogen) atoms. The zero-order chi connectivity index (χ0) is 20.3. The third kappa shape index (κ3) is 4.63. The zero-order valence-corrected chi connectivity index (χ0v) is 15.8.